The van der Waals surface area contributed by atoms with Gasteiger partial charge in [-0.05, 0) is 67.1 Å². The highest BCUT2D eigenvalue weighted by Gasteiger charge is 2.31. The Balaban J connectivity index is 1.27. The molecule has 0 saturated heterocycles. The number of alkyl halides is 3. The first-order valence-electron chi connectivity index (χ1n) is 15.0. The predicted octanol–water partition coefficient (Wildman–Crippen LogP) is 7.08. The van der Waals surface area contributed by atoms with E-state index in [0.717, 1.165) is 33.8 Å². The monoisotopic (exact) mass is 666 g/mol. The van der Waals surface area contributed by atoms with E-state index in [2.05, 4.69) is 52.0 Å². The van der Waals surface area contributed by atoms with Crippen molar-refractivity contribution in [1.29, 1.82) is 0 Å². The molecule has 5 aromatic rings. The van der Waals surface area contributed by atoms with Crippen molar-refractivity contribution in [2.75, 3.05) is 7.11 Å². The number of methoxy groups -OCH3 is 1. The molecule has 0 bridgehead atoms. The van der Waals surface area contributed by atoms with Gasteiger partial charge in [-0.25, -0.2) is 14.7 Å². The van der Waals surface area contributed by atoms with Gasteiger partial charge in [0.25, 0.3) is 0 Å². The van der Waals surface area contributed by atoms with E-state index in [1.165, 1.54) is 46.6 Å². The SMILES string of the molecule is COc1ccc(C(C)C)c(-n2c(C)cs/c2=N\C(O)NC(C)C(C)c2ccc(-c3ncn(-c4ccc(OC(F)(F)F)cc4)n3)cc2)c1. The summed E-state index contributed by atoms with van der Waals surface area (Å²) in [6.07, 6.45) is -4.39. The van der Waals surface area contributed by atoms with Crippen LogP contribution in [0.3, 0.4) is 0 Å². The van der Waals surface area contributed by atoms with Crippen molar-refractivity contribution in [3.63, 3.8) is 0 Å². The van der Waals surface area contributed by atoms with Crippen LogP contribution in [-0.2, 0) is 0 Å². The van der Waals surface area contributed by atoms with Gasteiger partial charge in [0.2, 0.25) is 6.35 Å². The minimum atomic E-state index is -4.75. The van der Waals surface area contributed by atoms with E-state index in [4.69, 9.17) is 4.74 Å². The number of halogens is 3. The average Bonchev–Trinajstić information content (AvgIpc) is 3.67. The number of rotatable bonds is 11. The van der Waals surface area contributed by atoms with Gasteiger partial charge >= 0.3 is 6.36 Å². The molecule has 0 aliphatic heterocycles. The summed E-state index contributed by atoms with van der Waals surface area (Å²) in [6, 6.07) is 19.1. The van der Waals surface area contributed by atoms with E-state index < -0.39 is 12.7 Å². The molecule has 3 atom stereocenters. The molecule has 2 N–H and O–H groups in total. The first-order valence-corrected chi connectivity index (χ1v) is 15.9. The summed E-state index contributed by atoms with van der Waals surface area (Å²) in [5.74, 6) is 1.21. The second-order valence-corrected chi connectivity index (χ2v) is 12.3. The van der Waals surface area contributed by atoms with Crippen molar-refractivity contribution in [1.82, 2.24) is 24.6 Å². The summed E-state index contributed by atoms with van der Waals surface area (Å²) in [6.45, 7) is 10.4. The lowest BCUT2D eigenvalue weighted by atomic mass is 9.93. The summed E-state index contributed by atoms with van der Waals surface area (Å²) < 4.78 is 50.3. The van der Waals surface area contributed by atoms with Crippen LogP contribution in [0, 0.1) is 6.92 Å². The van der Waals surface area contributed by atoms with Crippen molar-refractivity contribution >= 4 is 11.3 Å². The summed E-state index contributed by atoms with van der Waals surface area (Å²) in [7, 11) is 1.64. The van der Waals surface area contributed by atoms with Gasteiger partial charge in [0.15, 0.2) is 10.6 Å². The fourth-order valence-corrected chi connectivity index (χ4v) is 6.06. The fraction of sp³-hybridized carbons (Fsp3) is 0.324. The first kappa shape index (κ1) is 33.9. The fourth-order valence-electron chi connectivity index (χ4n) is 5.17. The van der Waals surface area contributed by atoms with E-state index in [9.17, 15) is 18.3 Å². The predicted molar refractivity (Wildman–Crippen MR) is 175 cm³/mol. The molecule has 0 saturated carbocycles. The quantitative estimate of drug-likeness (QED) is 0.146. The molecule has 0 spiro atoms. The summed E-state index contributed by atoms with van der Waals surface area (Å²) >= 11 is 1.46. The second kappa shape index (κ2) is 14.1. The Kier molecular flexibility index (Phi) is 10.2. The lowest BCUT2D eigenvalue weighted by Gasteiger charge is -2.23. The normalized spacial score (nSPS) is 14.3. The number of aliphatic hydroxyl groups is 1. The average molecular weight is 667 g/mol. The number of hydrogen-bond donors (Lipinski definition) is 2. The van der Waals surface area contributed by atoms with Crippen LogP contribution < -0.4 is 19.6 Å². The smallest absolute Gasteiger partial charge is 0.497 e. The number of nitrogens with zero attached hydrogens (tertiary/aromatic N) is 5. The van der Waals surface area contributed by atoms with Crippen molar-refractivity contribution in [3.8, 4) is 34.3 Å². The largest absolute Gasteiger partial charge is 0.573 e. The van der Waals surface area contributed by atoms with Gasteiger partial charge in [-0.15, -0.1) is 29.6 Å². The maximum atomic E-state index is 12.5. The number of benzene rings is 3. The molecule has 0 aliphatic rings. The molecule has 0 fully saturated rings. The summed E-state index contributed by atoms with van der Waals surface area (Å²) in [4.78, 5) is 9.67. The molecule has 47 heavy (non-hydrogen) atoms. The third kappa shape index (κ3) is 8.10. The van der Waals surface area contributed by atoms with Gasteiger partial charge in [0.05, 0.1) is 18.5 Å². The highest BCUT2D eigenvalue weighted by molar-refractivity contribution is 7.07. The standard InChI is InChI=1S/C34H37F3N6O3S/c1-20(2)29-16-15-28(45-6)17-30(29)43-21(3)18-47-33(43)40-32(44)39-23(5)22(4)24-7-9-25(10-8-24)31-38-19-42(41-31)26-11-13-27(14-12-26)46-34(35,36)37/h7-20,22-23,32,39,44H,1-6H3/b40-33-. The number of aliphatic hydroxyl groups excluding tert-OH is 1. The molecule has 2 aromatic heterocycles. The Morgan fingerprint density at radius 1 is 0.957 bits per heavy atom. The Hall–Kier alpha value is -4.46. The Bertz CT molecular complexity index is 1860. The molecule has 2 heterocycles. The van der Waals surface area contributed by atoms with Crippen LogP contribution in [0.15, 0.2) is 83.4 Å². The number of nitrogens with one attached hydrogen (secondary N) is 1. The van der Waals surface area contributed by atoms with Gasteiger partial charge in [0, 0.05) is 28.7 Å². The molecule has 5 rings (SSSR count). The second-order valence-electron chi connectivity index (χ2n) is 11.5. The third-order valence-corrected chi connectivity index (χ3v) is 8.85. The lowest BCUT2D eigenvalue weighted by molar-refractivity contribution is -0.274. The van der Waals surface area contributed by atoms with Crippen LogP contribution in [-0.4, -0.2) is 50.3 Å². The highest BCUT2D eigenvalue weighted by atomic mass is 32.1. The van der Waals surface area contributed by atoms with Crippen LogP contribution in [0.4, 0.5) is 13.2 Å². The zero-order valence-electron chi connectivity index (χ0n) is 26.9. The van der Waals surface area contributed by atoms with Crippen molar-refractivity contribution in [2.45, 2.75) is 65.2 Å². The molecule has 3 unspecified atom stereocenters. The molecule has 0 amide bonds. The Morgan fingerprint density at radius 3 is 2.28 bits per heavy atom. The number of aryl methyl sites for hydroxylation is 1. The molecule has 248 valence electrons. The molecular formula is C34H37F3N6O3S. The van der Waals surface area contributed by atoms with E-state index in [1.807, 2.05) is 60.2 Å². The van der Waals surface area contributed by atoms with Gasteiger partial charge in [-0.3, -0.25) is 9.88 Å². The Morgan fingerprint density at radius 2 is 1.64 bits per heavy atom. The van der Waals surface area contributed by atoms with Crippen molar-refractivity contribution in [3.05, 3.63) is 100 Å². The molecule has 9 nitrogen and oxygen atoms in total. The van der Waals surface area contributed by atoms with Crippen LogP contribution in [0.1, 0.15) is 56.4 Å². The third-order valence-electron chi connectivity index (χ3n) is 7.90. The molecular weight excluding hydrogens is 629 g/mol. The van der Waals surface area contributed by atoms with Crippen molar-refractivity contribution < 1.29 is 27.8 Å². The van der Waals surface area contributed by atoms with Crippen LogP contribution in [0.25, 0.3) is 22.8 Å². The number of hydrogen-bond acceptors (Lipinski definition) is 8. The van der Waals surface area contributed by atoms with Gasteiger partial charge in [-0.1, -0.05) is 51.1 Å². The highest BCUT2D eigenvalue weighted by Crippen LogP contribution is 2.29. The summed E-state index contributed by atoms with van der Waals surface area (Å²) in [5.41, 5.74) is 5.49. The Labute approximate surface area is 275 Å². The zero-order valence-corrected chi connectivity index (χ0v) is 27.7. The van der Waals surface area contributed by atoms with E-state index >= 15 is 0 Å². The van der Waals surface area contributed by atoms with E-state index in [-0.39, 0.29) is 23.6 Å². The lowest BCUT2D eigenvalue weighted by Crippen LogP contribution is -2.39. The number of thiazole rings is 1. The molecule has 0 radical (unpaired) electrons. The van der Waals surface area contributed by atoms with E-state index in [1.54, 1.807) is 7.11 Å². The van der Waals surface area contributed by atoms with E-state index in [0.29, 0.717) is 16.3 Å². The minimum Gasteiger partial charge on any atom is -0.497 e. The summed E-state index contributed by atoms with van der Waals surface area (Å²) in [5, 5.41) is 20.7. The zero-order chi connectivity index (χ0) is 33.9. The maximum Gasteiger partial charge on any atom is 0.573 e. The molecule has 3 aromatic carbocycles. The number of ether oxygens (including phenoxy) is 2. The van der Waals surface area contributed by atoms with Crippen LogP contribution in [0.5, 0.6) is 11.5 Å². The minimum absolute atomic E-state index is 0.0278. The van der Waals surface area contributed by atoms with Crippen molar-refractivity contribution in [2.24, 2.45) is 4.99 Å². The maximum absolute atomic E-state index is 12.5. The molecule has 13 heteroatoms. The molecule has 0 aliphatic carbocycles. The topological polar surface area (TPSA) is 98.7 Å². The van der Waals surface area contributed by atoms with Gasteiger partial charge in [0.1, 0.15) is 17.8 Å². The van der Waals surface area contributed by atoms with Crippen LogP contribution >= 0.6 is 11.3 Å². The van der Waals surface area contributed by atoms with Crippen LogP contribution in [0.2, 0.25) is 0 Å². The van der Waals surface area contributed by atoms with Gasteiger partial charge < -0.3 is 14.6 Å². The van der Waals surface area contributed by atoms with Gasteiger partial charge in [-0.2, -0.15) is 0 Å². The number of aromatic nitrogens is 4. The first-order chi connectivity index (χ1) is 22.3.